The molecule has 0 aliphatic heterocycles. The first-order valence-electron chi connectivity index (χ1n) is 3.82. The fraction of sp³-hybridized carbons (Fsp3) is 0. The number of benzene rings is 1. The SMILES string of the molecule is OB(O)c1csc2c(Cl)cc(Br)cc12. The Hall–Kier alpha value is -0.0651. The highest BCUT2D eigenvalue weighted by molar-refractivity contribution is 9.10. The lowest BCUT2D eigenvalue weighted by Crippen LogP contribution is -2.28. The Labute approximate surface area is 98.4 Å². The highest BCUT2D eigenvalue weighted by Crippen LogP contribution is 2.30. The van der Waals surface area contributed by atoms with Crippen molar-refractivity contribution in [3.63, 3.8) is 0 Å². The Kier molecular flexibility index (Phi) is 2.86. The average molecular weight is 291 g/mol. The molecule has 0 amide bonds. The molecule has 0 saturated carbocycles. The van der Waals surface area contributed by atoms with Gasteiger partial charge in [-0.2, -0.15) is 0 Å². The third-order valence-corrected chi connectivity index (χ3v) is 3.82. The summed E-state index contributed by atoms with van der Waals surface area (Å²) in [6, 6.07) is 3.61. The normalized spacial score (nSPS) is 10.9. The summed E-state index contributed by atoms with van der Waals surface area (Å²) < 4.78 is 1.70. The van der Waals surface area contributed by atoms with Crippen LogP contribution < -0.4 is 5.46 Å². The molecule has 2 aromatic rings. The van der Waals surface area contributed by atoms with E-state index in [-0.39, 0.29) is 0 Å². The first kappa shape index (κ1) is 10.5. The van der Waals surface area contributed by atoms with Crippen molar-refractivity contribution in [2.75, 3.05) is 0 Å². The Morgan fingerprint density at radius 1 is 1.36 bits per heavy atom. The van der Waals surface area contributed by atoms with E-state index in [1.54, 1.807) is 11.4 Å². The molecule has 0 radical (unpaired) electrons. The molecule has 0 saturated heterocycles. The minimum Gasteiger partial charge on any atom is -0.423 e. The van der Waals surface area contributed by atoms with Crippen LogP contribution in [0.15, 0.2) is 22.0 Å². The second-order valence-electron chi connectivity index (χ2n) is 2.83. The van der Waals surface area contributed by atoms with Gasteiger partial charge in [-0.15, -0.1) is 11.3 Å². The predicted octanol–water partition coefficient (Wildman–Crippen LogP) is 2.00. The molecule has 72 valence electrons. The molecule has 2 rings (SSSR count). The highest BCUT2D eigenvalue weighted by Gasteiger charge is 2.17. The lowest BCUT2D eigenvalue weighted by Gasteiger charge is -1.99. The van der Waals surface area contributed by atoms with Crippen LogP contribution in [0.5, 0.6) is 0 Å². The molecule has 1 aromatic carbocycles. The summed E-state index contributed by atoms with van der Waals surface area (Å²) in [5, 5.41) is 21.3. The minimum atomic E-state index is -1.45. The van der Waals surface area contributed by atoms with Gasteiger partial charge in [0.2, 0.25) is 0 Å². The second-order valence-corrected chi connectivity index (χ2v) is 5.03. The van der Waals surface area contributed by atoms with Crippen LogP contribution in [0.25, 0.3) is 10.1 Å². The summed E-state index contributed by atoms with van der Waals surface area (Å²) >= 11 is 10.7. The maximum atomic E-state index is 9.10. The first-order chi connectivity index (χ1) is 6.59. The van der Waals surface area contributed by atoms with E-state index in [9.17, 15) is 0 Å². The van der Waals surface area contributed by atoms with Crippen LogP contribution in [0.3, 0.4) is 0 Å². The summed E-state index contributed by atoms with van der Waals surface area (Å²) in [6.07, 6.45) is 0. The molecular formula is C8H5BBrClO2S. The average Bonchev–Trinajstić information content (AvgIpc) is 2.47. The van der Waals surface area contributed by atoms with Crippen LogP contribution >= 0.6 is 38.9 Å². The lowest BCUT2D eigenvalue weighted by atomic mass is 9.80. The van der Waals surface area contributed by atoms with E-state index >= 15 is 0 Å². The van der Waals surface area contributed by atoms with Gasteiger partial charge in [0.1, 0.15) is 0 Å². The van der Waals surface area contributed by atoms with Crippen molar-refractivity contribution in [2.24, 2.45) is 0 Å². The van der Waals surface area contributed by atoms with Crippen LogP contribution in [0.1, 0.15) is 0 Å². The summed E-state index contributed by atoms with van der Waals surface area (Å²) in [5.74, 6) is 0. The van der Waals surface area contributed by atoms with Gasteiger partial charge in [0.25, 0.3) is 0 Å². The molecule has 2 nitrogen and oxygen atoms in total. The van der Waals surface area contributed by atoms with Gasteiger partial charge in [0.05, 0.1) is 9.72 Å². The predicted molar refractivity (Wildman–Crippen MR) is 64.4 cm³/mol. The van der Waals surface area contributed by atoms with Gasteiger partial charge in [0, 0.05) is 9.94 Å². The van der Waals surface area contributed by atoms with Crippen molar-refractivity contribution < 1.29 is 10.0 Å². The van der Waals surface area contributed by atoms with E-state index in [0.29, 0.717) is 10.5 Å². The molecule has 0 aliphatic rings. The smallest absolute Gasteiger partial charge is 0.423 e. The summed E-state index contributed by atoms with van der Waals surface area (Å²) in [7, 11) is -1.45. The van der Waals surface area contributed by atoms with Crippen molar-refractivity contribution in [1.29, 1.82) is 0 Å². The van der Waals surface area contributed by atoms with Crippen molar-refractivity contribution in [3.05, 3.63) is 27.0 Å². The molecule has 0 spiro atoms. The zero-order valence-electron chi connectivity index (χ0n) is 6.87. The van der Waals surface area contributed by atoms with Crippen molar-refractivity contribution in [3.8, 4) is 0 Å². The molecule has 0 bridgehead atoms. The fourth-order valence-corrected chi connectivity index (χ4v) is 3.19. The molecule has 6 heteroatoms. The van der Waals surface area contributed by atoms with E-state index in [1.807, 2.05) is 6.07 Å². The van der Waals surface area contributed by atoms with Crippen molar-refractivity contribution in [1.82, 2.24) is 0 Å². The minimum absolute atomic E-state index is 0.494. The zero-order valence-corrected chi connectivity index (χ0v) is 10.0. The van der Waals surface area contributed by atoms with Crippen LogP contribution in [-0.4, -0.2) is 17.2 Å². The Balaban J connectivity index is 2.78. The quantitative estimate of drug-likeness (QED) is 0.789. The molecule has 0 unspecified atom stereocenters. The third-order valence-electron chi connectivity index (χ3n) is 1.90. The van der Waals surface area contributed by atoms with Gasteiger partial charge >= 0.3 is 7.12 Å². The van der Waals surface area contributed by atoms with Crippen LogP contribution in [-0.2, 0) is 0 Å². The summed E-state index contributed by atoms with van der Waals surface area (Å²) in [6.45, 7) is 0. The van der Waals surface area contributed by atoms with Gasteiger partial charge in [-0.3, -0.25) is 0 Å². The Morgan fingerprint density at radius 3 is 2.71 bits per heavy atom. The number of halogens is 2. The maximum Gasteiger partial charge on any atom is 0.489 e. The van der Waals surface area contributed by atoms with Crippen LogP contribution in [0.4, 0.5) is 0 Å². The number of thiophene rings is 1. The summed E-state index contributed by atoms with van der Waals surface area (Å²) in [5.41, 5.74) is 0.494. The van der Waals surface area contributed by atoms with E-state index in [4.69, 9.17) is 21.6 Å². The van der Waals surface area contributed by atoms with Gasteiger partial charge in [-0.05, 0) is 22.9 Å². The number of hydrogen-bond donors (Lipinski definition) is 2. The highest BCUT2D eigenvalue weighted by atomic mass is 79.9. The number of fused-ring (bicyclic) bond motifs is 1. The molecule has 0 fully saturated rings. The fourth-order valence-electron chi connectivity index (χ4n) is 1.28. The molecule has 1 aromatic heterocycles. The van der Waals surface area contributed by atoms with E-state index in [2.05, 4.69) is 15.9 Å². The van der Waals surface area contributed by atoms with E-state index in [1.165, 1.54) is 11.3 Å². The molecule has 0 aliphatic carbocycles. The van der Waals surface area contributed by atoms with Crippen molar-refractivity contribution in [2.45, 2.75) is 0 Å². The monoisotopic (exact) mass is 290 g/mol. The molecule has 0 atom stereocenters. The van der Waals surface area contributed by atoms with Crippen molar-refractivity contribution >= 4 is 61.5 Å². The number of rotatable bonds is 1. The van der Waals surface area contributed by atoms with E-state index in [0.717, 1.165) is 14.6 Å². The van der Waals surface area contributed by atoms with Crippen LogP contribution in [0, 0.1) is 0 Å². The van der Waals surface area contributed by atoms with Gasteiger partial charge in [0.15, 0.2) is 0 Å². The Morgan fingerprint density at radius 2 is 2.07 bits per heavy atom. The second kappa shape index (κ2) is 3.83. The largest absolute Gasteiger partial charge is 0.489 e. The zero-order chi connectivity index (χ0) is 10.3. The molecule has 1 heterocycles. The first-order valence-corrected chi connectivity index (χ1v) is 5.87. The molecule has 2 N–H and O–H groups in total. The Bertz CT molecular complexity index is 485. The molecule has 14 heavy (non-hydrogen) atoms. The van der Waals surface area contributed by atoms with Gasteiger partial charge in [-0.1, -0.05) is 27.5 Å². The topological polar surface area (TPSA) is 40.5 Å². The van der Waals surface area contributed by atoms with Gasteiger partial charge < -0.3 is 10.0 Å². The standard InChI is InChI=1S/C8H5BBrClO2S/c10-4-1-5-6(9(12)13)3-14-8(5)7(11)2-4/h1-3,12-13H. The van der Waals surface area contributed by atoms with Gasteiger partial charge in [-0.25, -0.2) is 0 Å². The maximum absolute atomic E-state index is 9.10. The summed E-state index contributed by atoms with van der Waals surface area (Å²) in [4.78, 5) is 0. The molecular weight excluding hydrogens is 286 g/mol. The lowest BCUT2D eigenvalue weighted by molar-refractivity contribution is 0.426. The van der Waals surface area contributed by atoms with Crippen LogP contribution in [0.2, 0.25) is 5.02 Å². The number of hydrogen-bond acceptors (Lipinski definition) is 3. The third kappa shape index (κ3) is 1.70. The van der Waals surface area contributed by atoms with E-state index < -0.39 is 7.12 Å².